The highest BCUT2D eigenvalue weighted by Crippen LogP contribution is 2.38. The van der Waals surface area contributed by atoms with Gasteiger partial charge in [0.15, 0.2) is 0 Å². The van der Waals surface area contributed by atoms with Crippen LogP contribution in [0.5, 0.6) is 5.75 Å². The standard InChI is InChI=1S/C17H21N3O/c1-18-16-8-7-15-14(16)3-2-4-17(15)21-10-13-9-19-11-20(13)12-5-6-12/h2-4,9,11-12,16,18H,5-8,10H2,1H3. The maximum atomic E-state index is 6.12. The number of nitrogens with one attached hydrogen (secondary N) is 1. The normalized spacial score (nSPS) is 20.5. The molecule has 4 nitrogen and oxygen atoms in total. The Morgan fingerprint density at radius 3 is 3.05 bits per heavy atom. The molecule has 21 heavy (non-hydrogen) atoms. The van der Waals surface area contributed by atoms with E-state index in [1.807, 2.05) is 19.6 Å². The van der Waals surface area contributed by atoms with Gasteiger partial charge >= 0.3 is 0 Å². The monoisotopic (exact) mass is 283 g/mol. The lowest BCUT2D eigenvalue weighted by molar-refractivity contribution is 0.292. The second kappa shape index (κ2) is 5.19. The summed E-state index contributed by atoms with van der Waals surface area (Å²) in [6, 6.07) is 7.53. The molecule has 1 unspecified atom stereocenters. The molecular formula is C17H21N3O. The number of aromatic nitrogens is 2. The summed E-state index contributed by atoms with van der Waals surface area (Å²) in [4.78, 5) is 4.27. The number of imidazole rings is 1. The van der Waals surface area contributed by atoms with E-state index in [9.17, 15) is 0 Å². The Bertz CT molecular complexity index is 645. The van der Waals surface area contributed by atoms with Gasteiger partial charge in [0.1, 0.15) is 12.4 Å². The van der Waals surface area contributed by atoms with Gasteiger partial charge < -0.3 is 14.6 Å². The number of rotatable bonds is 5. The van der Waals surface area contributed by atoms with Crippen LogP contribution < -0.4 is 10.1 Å². The van der Waals surface area contributed by atoms with Gasteiger partial charge in [-0.3, -0.25) is 0 Å². The van der Waals surface area contributed by atoms with Crippen LogP contribution in [-0.4, -0.2) is 16.6 Å². The molecule has 1 aromatic heterocycles. The van der Waals surface area contributed by atoms with Crippen LogP contribution in [0, 0.1) is 0 Å². The molecular weight excluding hydrogens is 262 g/mol. The Labute approximate surface area is 125 Å². The number of nitrogens with zero attached hydrogens (tertiary/aromatic N) is 2. The fourth-order valence-corrected chi connectivity index (χ4v) is 3.33. The lowest BCUT2D eigenvalue weighted by atomic mass is 10.1. The van der Waals surface area contributed by atoms with Crippen LogP contribution in [0.1, 0.15) is 48.2 Å². The fourth-order valence-electron chi connectivity index (χ4n) is 3.33. The van der Waals surface area contributed by atoms with Crippen molar-refractivity contribution in [3.8, 4) is 5.75 Å². The molecule has 1 saturated carbocycles. The highest BCUT2D eigenvalue weighted by Gasteiger charge is 2.26. The highest BCUT2D eigenvalue weighted by molar-refractivity contribution is 5.45. The summed E-state index contributed by atoms with van der Waals surface area (Å²) < 4.78 is 8.38. The Morgan fingerprint density at radius 2 is 2.24 bits per heavy atom. The molecule has 2 aliphatic carbocycles. The smallest absolute Gasteiger partial charge is 0.130 e. The van der Waals surface area contributed by atoms with Crippen molar-refractivity contribution < 1.29 is 4.74 Å². The minimum absolute atomic E-state index is 0.473. The van der Waals surface area contributed by atoms with E-state index in [1.165, 1.54) is 29.7 Å². The van der Waals surface area contributed by atoms with Gasteiger partial charge in [0.05, 0.1) is 18.2 Å². The van der Waals surface area contributed by atoms with Crippen molar-refractivity contribution in [1.29, 1.82) is 0 Å². The van der Waals surface area contributed by atoms with Crippen molar-refractivity contribution in [2.45, 2.75) is 44.4 Å². The third-order valence-corrected chi connectivity index (χ3v) is 4.64. The number of hydrogen-bond donors (Lipinski definition) is 1. The summed E-state index contributed by atoms with van der Waals surface area (Å²) >= 11 is 0. The molecule has 110 valence electrons. The van der Waals surface area contributed by atoms with Gasteiger partial charge in [-0.05, 0) is 49.9 Å². The summed E-state index contributed by atoms with van der Waals surface area (Å²) in [6.45, 7) is 0.608. The van der Waals surface area contributed by atoms with Crippen molar-refractivity contribution in [1.82, 2.24) is 14.9 Å². The molecule has 2 aromatic rings. The molecule has 0 saturated heterocycles. The number of fused-ring (bicyclic) bond motifs is 1. The molecule has 1 atom stereocenters. The average molecular weight is 283 g/mol. The van der Waals surface area contributed by atoms with Gasteiger partial charge in [0.2, 0.25) is 0 Å². The molecule has 2 aliphatic rings. The Kier molecular flexibility index (Phi) is 3.19. The van der Waals surface area contributed by atoms with Gasteiger partial charge in [0, 0.05) is 12.1 Å². The molecule has 0 aliphatic heterocycles. The fraction of sp³-hybridized carbons (Fsp3) is 0.471. The van der Waals surface area contributed by atoms with Crippen molar-refractivity contribution in [3.05, 3.63) is 47.5 Å². The Balaban J connectivity index is 1.53. The molecule has 1 heterocycles. The minimum atomic E-state index is 0.473. The predicted octanol–water partition coefficient (Wildman–Crippen LogP) is 3.00. The zero-order chi connectivity index (χ0) is 14.2. The van der Waals surface area contributed by atoms with E-state index >= 15 is 0 Å². The zero-order valence-corrected chi connectivity index (χ0v) is 12.4. The van der Waals surface area contributed by atoms with Crippen molar-refractivity contribution in [2.75, 3.05) is 7.05 Å². The molecule has 0 amide bonds. The van der Waals surface area contributed by atoms with Gasteiger partial charge in [-0.15, -0.1) is 0 Å². The van der Waals surface area contributed by atoms with E-state index in [-0.39, 0.29) is 0 Å². The summed E-state index contributed by atoms with van der Waals surface area (Å²) in [6.07, 6.45) is 8.66. The lowest BCUT2D eigenvalue weighted by Gasteiger charge is -2.14. The summed E-state index contributed by atoms with van der Waals surface area (Å²) in [5, 5.41) is 3.38. The van der Waals surface area contributed by atoms with E-state index in [0.29, 0.717) is 18.7 Å². The van der Waals surface area contributed by atoms with Crippen LogP contribution in [0.25, 0.3) is 0 Å². The molecule has 1 fully saturated rings. The first-order valence-electron chi connectivity index (χ1n) is 7.79. The highest BCUT2D eigenvalue weighted by atomic mass is 16.5. The van der Waals surface area contributed by atoms with E-state index in [1.54, 1.807) is 0 Å². The van der Waals surface area contributed by atoms with E-state index in [0.717, 1.165) is 18.6 Å². The van der Waals surface area contributed by atoms with Gasteiger partial charge in [0.25, 0.3) is 0 Å². The SMILES string of the molecule is CNC1CCc2c(OCc3cncn3C3CC3)cccc21. The first-order chi connectivity index (χ1) is 10.4. The second-order valence-electron chi connectivity index (χ2n) is 6.02. The number of ether oxygens (including phenoxy) is 1. The quantitative estimate of drug-likeness (QED) is 0.917. The van der Waals surface area contributed by atoms with Gasteiger partial charge in [-0.2, -0.15) is 0 Å². The van der Waals surface area contributed by atoms with Crippen LogP contribution in [0.4, 0.5) is 0 Å². The molecule has 0 spiro atoms. The van der Waals surface area contributed by atoms with Crippen molar-refractivity contribution >= 4 is 0 Å². The third-order valence-electron chi connectivity index (χ3n) is 4.64. The second-order valence-corrected chi connectivity index (χ2v) is 6.02. The van der Waals surface area contributed by atoms with Crippen LogP contribution >= 0.6 is 0 Å². The minimum Gasteiger partial charge on any atom is -0.487 e. The van der Waals surface area contributed by atoms with Crippen LogP contribution in [0.15, 0.2) is 30.7 Å². The van der Waals surface area contributed by atoms with E-state index in [2.05, 4.69) is 33.1 Å². The summed E-state index contributed by atoms with van der Waals surface area (Å²) in [5.74, 6) is 1.04. The Hall–Kier alpha value is -1.81. The van der Waals surface area contributed by atoms with Gasteiger partial charge in [-0.25, -0.2) is 4.98 Å². The lowest BCUT2D eigenvalue weighted by Crippen LogP contribution is -2.12. The maximum Gasteiger partial charge on any atom is 0.130 e. The van der Waals surface area contributed by atoms with E-state index < -0.39 is 0 Å². The third kappa shape index (κ3) is 2.33. The number of hydrogen-bond acceptors (Lipinski definition) is 3. The zero-order valence-electron chi connectivity index (χ0n) is 12.4. The molecule has 0 radical (unpaired) electrons. The van der Waals surface area contributed by atoms with Crippen LogP contribution in [0.2, 0.25) is 0 Å². The van der Waals surface area contributed by atoms with Gasteiger partial charge in [-0.1, -0.05) is 12.1 Å². The summed E-state index contributed by atoms with van der Waals surface area (Å²) in [7, 11) is 2.03. The molecule has 1 aromatic carbocycles. The predicted molar refractivity (Wildman–Crippen MR) is 81.4 cm³/mol. The first-order valence-corrected chi connectivity index (χ1v) is 7.79. The molecule has 1 N–H and O–H groups in total. The largest absolute Gasteiger partial charge is 0.487 e. The summed E-state index contributed by atoms with van der Waals surface area (Å²) in [5.41, 5.74) is 3.94. The topological polar surface area (TPSA) is 39.1 Å². The van der Waals surface area contributed by atoms with Crippen molar-refractivity contribution in [3.63, 3.8) is 0 Å². The number of benzene rings is 1. The Morgan fingerprint density at radius 1 is 1.33 bits per heavy atom. The average Bonchev–Trinajstić information content (AvgIpc) is 3.10. The van der Waals surface area contributed by atoms with Crippen molar-refractivity contribution in [2.24, 2.45) is 0 Å². The maximum absolute atomic E-state index is 6.12. The molecule has 4 rings (SSSR count). The van der Waals surface area contributed by atoms with Crippen LogP contribution in [-0.2, 0) is 13.0 Å². The molecule has 4 heteroatoms. The van der Waals surface area contributed by atoms with E-state index in [4.69, 9.17) is 4.74 Å². The molecule has 0 bridgehead atoms. The van der Waals surface area contributed by atoms with Crippen LogP contribution in [0.3, 0.4) is 0 Å². The first kappa shape index (κ1) is 12.9.